The van der Waals surface area contributed by atoms with Crippen molar-refractivity contribution in [3.8, 4) is 11.3 Å². The second-order valence-electron chi connectivity index (χ2n) is 6.30. The number of rotatable bonds is 3. The number of aromatic nitrogens is 1. The molecule has 1 aliphatic rings. The number of nitrogens with one attached hydrogen (secondary N) is 1. The molecule has 1 aromatic carbocycles. The van der Waals surface area contributed by atoms with Gasteiger partial charge in [-0.3, -0.25) is 0 Å². The van der Waals surface area contributed by atoms with Gasteiger partial charge in [-0.05, 0) is 67.7 Å². The first-order valence-electron chi connectivity index (χ1n) is 8.20. The third kappa shape index (κ3) is 4.07. The van der Waals surface area contributed by atoms with Crippen LogP contribution in [0.4, 0.5) is 17.6 Å². The van der Waals surface area contributed by atoms with E-state index in [2.05, 4.69) is 16.9 Å². The molecule has 7 heteroatoms. The maximum atomic E-state index is 13.4. The number of pyridine rings is 1. The van der Waals surface area contributed by atoms with Crippen LogP contribution in [0.25, 0.3) is 16.8 Å². The molecule has 2 nitrogen and oxygen atoms in total. The normalized spacial score (nSPS) is 15.9. The molecule has 0 bridgehead atoms. The van der Waals surface area contributed by atoms with Gasteiger partial charge < -0.3 is 5.32 Å². The molecule has 3 rings (SSSR count). The second kappa shape index (κ2) is 7.37. The van der Waals surface area contributed by atoms with Crippen LogP contribution in [0.1, 0.15) is 30.0 Å². The highest BCUT2D eigenvalue weighted by molar-refractivity contribution is 6.31. The van der Waals surface area contributed by atoms with Crippen molar-refractivity contribution in [1.29, 1.82) is 0 Å². The topological polar surface area (TPSA) is 24.9 Å². The van der Waals surface area contributed by atoms with Crippen molar-refractivity contribution in [2.24, 2.45) is 0 Å². The molecule has 1 aromatic heterocycles. The molecule has 0 amide bonds. The first kappa shape index (κ1) is 18.9. The zero-order valence-electron chi connectivity index (χ0n) is 13.8. The number of piperidine rings is 1. The van der Waals surface area contributed by atoms with E-state index in [9.17, 15) is 17.6 Å². The molecular weight excluding hydrogens is 368 g/mol. The van der Waals surface area contributed by atoms with Crippen molar-refractivity contribution in [3.05, 3.63) is 59.0 Å². The van der Waals surface area contributed by atoms with E-state index < -0.39 is 17.6 Å². The van der Waals surface area contributed by atoms with Gasteiger partial charge in [0.1, 0.15) is 5.82 Å². The molecule has 1 fully saturated rings. The molecule has 1 aliphatic heterocycles. The summed E-state index contributed by atoms with van der Waals surface area (Å²) in [5.74, 6) is -0.460. The SMILES string of the molecule is C=C(c1cc(C2CCNCC2)cc(-c2ccc(F)c(Cl)c2)n1)C(F)(F)F. The summed E-state index contributed by atoms with van der Waals surface area (Å²) >= 11 is 5.82. The molecular formula is C19H17ClF4N2. The summed E-state index contributed by atoms with van der Waals surface area (Å²) in [6.07, 6.45) is -2.92. The monoisotopic (exact) mass is 384 g/mol. The first-order valence-corrected chi connectivity index (χ1v) is 8.58. The highest BCUT2D eigenvalue weighted by Gasteiger charge is 2.34. The lowest BCUT2D eigenvalue weighted by molar-refractivity contribution is -0.0688. The zero-order valence-corrected chi connectivity index (χ0v) is 14.6. The van der Waals surface area contributed by atoms with Crippen LogP contribution in [0, 0.1) is 5.82 Å². The Bertz CT molecular complexity index is 827. The van der Waals surface area contributed by atoms with Crippen LogP contribution >= 0.6 is 11.6 Å². The largest absolute Gasteiger partial charge is 0.417 e. The Morgan fingerprint density at radius 2 is 1.85 bits per heavy atom. The fraction of sp³-hybridized carbons (Fsp3) is 0.316. The molecule has 2 heterocycles. The summed E-state index contributed by atoms with van der Waals surface area (Å²) in [7, 11) is 0. The molecule has 0 unspecified atom stereocenters. The van der Waals surface area contributed by atoms with Crippen LogP contribution in [0.2, 0.25) is 5.02 Å². The molecule has 0 radical (unpaired) electrons. The third-order valence-corrected chi connectivity index (χ3v) is 4.81. The summed E-state index contributed by atoms with van der Waals surface area (Å²) in [4.78, 5) is 4.12. The number of nitrogens with zero attached hydrogens (tertiary/aromatic N) is 1. The molecule has 2 aromatic rings. The summed E-state index contributed by atoms with van der Waals surface area (Å²) in [5, 5.41) is 3.13. The molecule has 1 saturated heterocycles. The second-order valence-corrected chi connectivity index (χ2v) is 6.71. The van der Waals surface area contributed by atoms with Gasteiger partial charge in [0, 0.05) is 5.56 Å². The lowest BCUT2D eigenvalue weighted by Crippen LogP contribution is -2.26. The Balaban J connectivity index is 2.10. The van der Waals surface area contributed by atoms with Gasteiger partial charge in [0.25, 0.3) is 0 Å². The van der Waals surface area contributed by atoms with Gasteiger partial charge in [0.05, 0.1) is 22.0 Å². The van der Waals surface area contributed by atoms with Crippen LogP contribution in [0.5, 0.6) is 0 Å². The van der Waals surface area contributed by atoms with Gasteiger partial charge in [-0.25, -0.2) is 9.37 Å². The molecule has 0 spiro atoms. The summed E-state index contributed by atoms with van der Waals surface area (Å²) < 4.78 is 52.8. The van der Waals surface area contributed by atoms with E-state index in [1.807, 2.05) is 0 Å². The Morgan fingerprint density at radius 1 is 1.15 bits per heavy atom. The third-order valence-electron chi connectivity index (χ3n) is 4.52. The number of alkyl halides is 3. The lowest BCUT2D eigenvalue weighted by atomic mass is 9.89. The van der Waals surface area contributed by atoms with Crippen molar-refractivity contribution in [2.45, 2.75) is 24.9 Å². The average Bonchev–Trinajstić information content (AvgIpc) is 2.63. The molecule has 1 N–H and O–H groups in total. The Morgan fingerprint density at radius 3 is 2.46 bits per heavy atom. The van der Waals surface area contributed by atoms with Gasteiger partial charge in [-0.15, -0.1) is 0 Å². The van der Waals surface area contributed by atoms with E-state index in [1.165, 1.54) is 24.3 Å². The number of benzene rings is 1. The van der Waals surface area contributed by atoms with E-state index >= 15 is 0 Å². The minimum Gasteiger partial charge on any atom is -0.317 e. The van der Waals surface area contributed by atoms with Crippen LogP contribution < -0.4 is 5.32 Å². The zero-order chi connectivity index (χ0) is 18.9. The molecule has 138 valence electrons. The van der Waals surface area contributed by atoms with Crippen LogP contribution in [0.15, 0.2) is 36.9 Å². The van der Waals surface area contributed by atoms with Crippen LogP contribution in [-0.4, -0.2) is 24.2 Å². The summed E-state index contributed by atoms with van der Waals surface area (Å²) in [5.41, 5.74) is 0.343. The predicted molar refractivity (Wildman–Crippen MR) is 94.6 cm³/mol. The van der Waals surface area contributed by atoms with E-state index in [1.54, 1.807) is 6.07 Å². The van der Waals surface area contributed by atoms with Gasteiger partial charge in [0.2, 0.25) is 0 Å². The van der Waals surface area contributed by atoms with Crippen molar-refractivity contribution < 1.29 is 17.6 Å². The Labute approximate surface area is 153 Å². The summed E-state index contributed by atoms with van der Waals surface area (Å²) in [6.45, 7) is 4.77. The first-order chi connectivity index (χ1) is 12.3. The number of halogens is 5. The number of hydrogen-bond acceptors (Lipinski definition) is 2. The predicted octanol–water partition coefficient (Wildman–Crippen LogP) is 5.58. The van der Waals surface area contributed by atoms with E-state index in [4.69, 9.17) is 11.6 Å². The molecule has 0 aliphatic carbocycles. The number of hydrogen-bond donors (Lipinski definition) is 1. The Kier molecular flexibility index (Phi) is 5.34. The van der Waals surface area contributed by atoms with E-state index in [-0.39, 0.29) is 16.6 Å². The van der Waals surface area contributed by atoms with Crippen LogP contribution in [-0.2, 0) is 0 Å². The van der Waals surface area contributed by atoms with E-state index in [0.29, 0.717) is 11.3 Å². The highest BCUT2D eigenvalue weighted by Crippen LogP contribution is 2.36. The minimum absolute atomic E-state index is 0.104. The van der Waals surface area contributed by atoms with Crippen molar-refractivity contribution in [2.75, 3.05) is 13.1 Å². The van der Waals surface area contributed by atoms with Gasteiger partial charge in [0.15, 0.2) is 0 Å². The Hall–Kier alpha value is -1.92. The minimum atomic E-state index is -4.57. The molecule has 26 heavy (non-hydrogen) atoms. The standard InChI is InChI=1S/C19H17ClF4N2/c1-11(19(22,23)24)17-9-14(12-4-6-25-7-5-12)10-18(26-17)13-2-3-16(21)15(20)8-13/h2-3,8-10,12,25H,1,4-7H2. The van der Waals surface area contributed by atoms with E-state index in [0.717, 1.165) is 31.5 Å². The van der Waals surface area contributed by atoms with Crippen molar-refractivity contribution in [1.82, 2.24) is 10.3 Å². The highest BCUT2D eigenvalue weighted by atomic mass is 35.5. The van der Waals surface area contributed by atoms with Crippen molar-refractivity contribution in [3.63, 3.8) is 0 Å². The molecule has 0 saturated carbocycles. The fourth-order valence-electron chi connectivity index (χ4n) is 3.05. The fourth-order valence-corrected chi connectivity index (χ4v) is 3.23. The lowest BCUT2D eigenvalue weighted by Gasteiger charge is -2.24. The van der Waals surface area contributed by atoms with Gasteiger partial charge in [-0.1, -0.05) is 18.2 Å². The number of allylic oxidation sites excluding steroid dienone is 1. The van der Waals surface area contributed by atoms with Gasteiger partial charge in [-0.2, -0.15) is 13.2 Å². The smallest absolute Gasteiger partial charge is 0.317 e. The quantitative estimate of drug-likeness (QED) is 0.698. The maximum Gasteiger partial charge on any atom is 0.417 e. The van der Waals surface area contributed by atoms with Crippen LogP contribution in [0.3, 0.4) is 0 Å². The van der Waals surface area contributed by atoms with Crippen molar-refractivity contribution >= 4 is 17.2 Å². The average molecular weight is 385 g/mol. The molecule has 0 atom stereocenters. The summed E-state index contributed by atoms with van der Waals surface area (Å²) in [6, 6.07) is 7.21. The maximum absolute atomic E-state index is 13.4. The van der Waals surface area contributed by atoms with Gasteiger partial charge >= 0.3 is 6.18 Å².